The summed E-state index contributed by atoms with van der Waals surface area (Å²) in [6.07, 6.45) is 2.99. The summed E-state index contributed by atoms with van der Waals surface area (Å²) in [5.41, 5.74) is 0. The third-order valence-electron chi connectivity index (χ3n) is 3.73. The highest BCUT2D eigenvalue weighted by atomic mass is 16.2. The molecule has 1 aliphatic rings. The van der Waals surface area contributed by atoms with Crippen LogP contribution in [0.25, 0.3) is 0 Å². The van der Waals surface area contributed by atoms with Crippen molar-refractivity contribution in [2.75, 3.05) is 19.6 Å². The summed E-state index contributed by atoms with van der Waals surface area (Å²) in [6.45, 7) is 11.5. The molecule has 100 valence electrons. The van der Waals surface area contributed by atoms with Crippen molar-refractivity contribution in [1.29, 1.82) is 0 Å². The SMILES string of the molecule is CC(C)NCCN1CCC(C(C)C)CCC1=O. The molecule has 1 amide bonds. The molecule has 0 aromatic rings. The monoisotopic (exact) mass is 240 g/mol. The normalized spacial score (nSPS) is 22.4. The van der Waals surface area contributed by atoms with Gasteiger partial charge in [-0.05, 0) is 24.7 Å². The number of nitrogens with zero attached hydrogens (tertiary/aromatic N) is 1. The lowest BCUT2D eigenvalue weighted by Gasteiger charge is -2.22. The molecule has 0 bridgehead atoms. The Bertz CT molecular complexity index is 238. The van der Waals surface area contributed by atoms with Crippen LogP contribution in [0.4, 0.5) is 0 Å². The molecule has 1 rings (SSSR count). The van der Waals surface area contributed by atoms with E-state index in [0.29, 0.717) is 17.9 Å². The van der Waals surface area contributed by atoms with E-state index in [4.69, 9.17) is 0 Å². The van der Waals surface area contributed by atoms with E-state index in [1.54, 1.807) is 0 Å². The fraction of sp³-hybridized carbons (Fsp3) is 0.929. The first kappa shape index (κ1) is 14.5. The lowest BCUT2D eigenvalue weighted by molar-refractivity contribution is -0.130. The number of carbonyl (C=O) groups is 1. The third-order valence-corrected chi connectivity index (χ3v) is 3.73. The minimum absolute atomic E-state index is 0.346. The van der Waals surface area contributed by atoms with Gasteiger partial charge in [-0.25, -0.2) is 0 Å². The number of carbonyl (C=O) groups excluding carboxylic acids is 1. The predicted octanol–water partition coefficient (Wildman–Crippen LogP) is 2.27. The highest BCUT2D eigenvalue weighted by Gasteiger charge is 2.23. The zero-order chi connectivity index (χ0) is 12.8. The van der Waals surface area contributed by atoms with Crippen LogP contribution in [0.3, 0.4) is 0 Å². The van der Waals surface area contributed by atoms with E-state index < -0.39 is 0 Å². The number of hydrogen-bond donors (Lipinski definition) is 1. The van der Waals surface area contributed by atoms with E-state index in [1.807, 2.05) is 4.90 Å². The summed E-state index contributed by atoms with van der Waals surface area (Å²) >= 11 is 0. The average molecular weight is 240 g/mol. The van der Waals surface area contributed by atoms with E-state index in [0.717, 1.165) is 38.4 Å². The lowest BCUT2D eigenvalue weighted by atomic mass is 9.89. The number of hydrogen-bond acceptors (Lipinski definition) is 2. The van der Waals surface area contributed by atoms with Gasteiger partial charge < -0.3 is 10.2 Å². The molecule has 0 saturated carbocycles. The highest BCUT2D eigenvalue weighted by molar-refractivity contribution is 5.76. The number of likely N-dealkylation sites (tertiary alicyclic amines) is 1. The van der Waals surface area contributed by atoms with Gasteiger partial charge in [0.15, 0.2) is 0 Å². The van der Waals surface area contributed by atoms with Gasteiger partial charge in [0.05, 0.1) is 0 Å². The number of amides is 1. The molecule has 0 aliphatic carbocycles. The van der Waals surface area contributed by atoms with Crippen molar-refractivity contribution in [3.8, 4) is 0 Å². The van der Waals surface area contributed by atoms with E-state index >= 15 is 0 Å². The Morgan fingerprint density at radius 2 is 2.00 bits per heavy atom. The van der Waals surface area contributed by atoms with Crippen LogP contribution in [-0.2, 0) is 4.79 Å². The molecule has 1 unspecified atom stereocenters. The summed E-state index contributed by atoms with van der Waals surface area (Å²) in [7, 11) is 0. The highest BCUT2D eigenvalue weighted by Crippen LogP contribution is 2.24. The lowest BCUT2D eigenvalue weighted by Crippen LogP contribution is -2.38. The van der Waals surface area contributed by atoms with Gasteiger partial charge in [0.2, 0.25) is 5.91 Å². The van der Waals surface area contributed by atoms with E-state index in [2.05, 4.69) is 33.0 Å². The van der Waals surface area contributed by atoms with Crippen LogP contribution in [0.15, 0.2) is 0 Å². The quantitative estimate of drug-likeness (QED) is 0.799. The van der Waals surface area contributed by atoms with Crippen molar-refractivity contribution in [2.45, 2.75) is 53.0 Å². The average Bonchev–Trinajstić information content (AvgIpc) is 2.41. The van der Waals surface area contributed by atoms with Crippen LogP contribution in [0.5, 0.6) is 0 Å². The van der Waals surface area contributed by atoms with Gasteiger partial charge in [0.25, 0.3) is 0 Å². The molecule has 0 spiro atoms. The number of nitrogens with one attached hydrogen (secondary N) is 1. The molecule has 0 radical (unpaired) electrons. The smallest absolute Gasteiger partial charge is 0.222 e. The summed E-state index contributed by atoms with van der Waals surface area (Å²) in [5, 5.41) is 3.37. The Morgan fingerprint density at radius 3 is 2.59 bits per heavy atom. The van der Waals surface area contributed by atoms with Crippen LogP contribution < -0.4 is 5.32 Å². The maximum absolute atomic E-state index is 12.0. The van der Waals surface area contributed by atoms with Crippen molar-refractivity contribution in [3.63, 3.8) is 0 Å². The van der Waals surface area contributed by atoms with Crippen molar-refractivity contribution >= 4 is 5.91 Å². The molecule has 1 aliphatic heterocycles. The Kier molecular flexibility index (Phi) is 5.96. The largest absolute Gasteiger partial charge is 0.341 e. The summed E-state index contributed by atoms with van der Waals surface area (Å²) < 4.78 is 0. The van der Waals surface area contributed by atoms with Crippen molar-refractivity contribution in [2.24, 2.45) is 11.8 Å². The molecule has 1 N–H and O–H groups in total. The second-order valence-corrected chi connectivity index (χ2v) is 5.82. The fourth-order valence-corrected chi connectivity index (χ4v) is 2.45. The van der Waals surface area contributed by atoms with Gasteiger partial charge in [0, 0.05) is 32.1 Å². The standard InChI is InChI=1S/C14H28N2O/c1-11(2)13-5-6-14(17)16(9-7-13)10-8-15-12(3)4/h11-13,15H,5-10H2,1-4H3. The molecular weight excluding hydrogens is 212 g/mol. The van der Waals surface area contributed by atoms with Crippen LogP contribution in [-0.4, -0.2) is 36.5 Å². The van der Waals surface area contributed by atoms with Crippen molar-refractivity contribution in [1.82, 2.24) is 10.2 Å². The minimum Gasteiger partial charge on any atom is -0.341 e. The minimum atomic E-state index is 0.346. The van der Waals surface area contributed by atoms with Crippen molar-refractivity contribution in [3.05, 3.63) is 0 Å². The second-order valence-electron chi connectivity index (χ2n) is 5.82. The molecule has 0 aromatic heterocycles. The molecule has 3 nitrogen and oxygen atoms in total. The van der Waals surface area contributed by atoms with Crippen LogP contribution >= 0.6 is 0 Å². The van der Waals surface area contributed by atoms with Gasteiger partial charge in [-0.3, -0.25) is 4.79 Å². The molecule has 1 heterocycles. The molecule has 3 heteroatoms. The van der Waals surface area contributed by atoms with Crippen LogP contribution in [0.1, 0.15) is 47.0 Å². The van der Waals surface area contributed by atoms with E-state index in [-0.39, 0.29) is 0 Å². The zero-order valence-corrected chi connectivity index (χ0v) is 11.8. The fourth-order valence-electron chi connectivity index (χ4n) is 2.45. The third kappa shape index (κ3) is 5.07. The van der Waals surface area contributed by atoms with E-state index in [1.165, 1.54) is 6.42 Å². The van der Waals surface area contributed by atoms with Gasteiger partial charge in [-0.15, -0.1) is 0 Å². The first-order chi connectivity index (χ1) is 8.00. The zero-order valence-electron chi connectivity index (χ0n) is 11.8. The summed E-state index contributed by atoms with van der Waals surface area (Å²) in [4.78, 5) is 14.0. The Morgan fingerprint density at radius 1 is 1.29 bits per heavy atom. The number of rotatable bonds is 5. The Labute approximate surface area is 106 Å². The van der Waals surface area contributed by atoms with E-state index in [9.17, 15) is 4.79 Å². The Balaban J connectivity index is 2.37. The molecule has 1 atom stereocenters. The summed E-state index contributed by atoms with van der Waals surface area (Å²) in [6, 6.07) is 0.500. The van der Waals surface area contributed by atoms with Gasteiger partial charge in [-0.1, -0.05) is 27.7 Å². The van der Waals surface area contributed by atoms with Crippen LogP contribution in [0, 0.1) is 11.8 Å². The first-order valence-corrected chi connectivity index (χ1v) is 7.02. The second kappa shape index (κ2) is 7.00. The molecule has 1 fully saturated rings. The maximum Gasteiger partial charge on any atom is 0.222 e. The summed E-state index contributed by atoms with van der Waals surface area (Å²) in [5.74, 6) is 1.78. The molecule has 0 aromatic carbocycles. The maximum atomic E-state index is 12.0. The van der Waals surface area contributed by atoms with Gasteiger partial charge in [0.1, 0.15) is 0 Å². The Hall–Kier alpha value is -0.570. The molecular formula is C14H28N2O. The topological polar surface area (TPSA) is 32.3 Å². The van der Waals surface area contributed by atoms with Crippen molar-refractivity contribution < 1.29 is 4.79 Å². The van der Waals surface area contributed by atoms with Crippen LogP contribution in [0.2, 0.25) is 0 Å². The molecule has 1 saturated heterocycles. The van der Waals surface area contributed by atoms with Gasteiger partial charge in [-0.2, -0.15) is 0 Å². The molecule has 17 heavy (non-hydrogen) atoms. The predicted molar refractivity (Wildman–Crippen MR) is 71.9 cm³/mol. The van der Waals surface area contributed by atoms with Gasteiger partial charge >= 0.3 is 0 Å². The first-order valence-electron chi connectivity index (χ1n) is 7.02.